The molecular formula is C3H3O2Si. The molecule has 0 amide bonds. The highest BCUT2D eigenvalue weighted by Crippen LogP contribution is 2.15. The Hall–Kier alpha value is -0.153. The first-order valence-electron chi connectivity index (χ1n) is 1.69. The van der Waals surface area contributed by atoms with Crippen LogP contribution in [0.1, 0.15) is 6.42 Å². The topological polar surface area (TPSA) is 26.3 Å². The molecule has 0 heterocycles. The Bertz CT molecular complexity index is 80.9. The molecule has 0 aromatic carbocycles. The molecule has 6 heavy (non-hydrogen) atoms. The number of carbonyl (C=O) groups is 1. The SMILES string of the molecule is O=C1CC1O[Si]. The van der Waals surface area contributed by atoms with Crippen LogP contribution < -0.4 is 0 Å². The molecule has 2 nitrogen and oxygen atoms in total. The standard InChI is InChI=1S/C3H3O2Si/c4-2-1-3(2)5-6/h3H,1H2. The lowest BCUT2D eigenvalue weighted by molar-refractivity contribution is -0.112. The Labute approximate surface area is 39.0 Å². The molecule has 0 spiro atoms. The number of rotatable bonds is 1. The van der Waals surface area contributed by atoms with Crippen LogP contribution in [0.5, 0.6) is 0 Å². The molecule has 1 atom stereocenters. The van der Waals surface area contributed by atoms with E-state index >= 15 is 0 Å². The molecule has 0 saturated heterocycles. The summed E-state index contributed by atoms with van der Waals surface area (Å²) in [6.07, 6.45) is 0.463. The second-order valence-electron chi connectivity index (χ2n) is 1.28. The minimum atomic E-state index is -0.123. The Morgan fingerprint density at radius 3 is 2.50 bits per heavy atom. The van der Waals surface area contributed by atoms with Gasteiger partial charge in [-0.3, -0.25) is 4.79 Å². The van der Waals surface area contributed by atoms with Crippen molar-refractivity contribution in [2.75, 3.05) is 0 Å². The molecule has 0 aromatic heterocycles. The van der Waals surface area contributed by atoms with Gasteiger partial charge in [0, 0.05) is 6.42 Å². The van der Waals surface area contributed by atoms with E-state index in [0.29, 0.717) is 6.42 Å². The molecule has 1 aliphatic carbocycles. The Balaban J connectivity index is 2.26. The van der Waals surface area contributed by atoms with Crippen molar-refractivity contribution >= 4 is 16.3 Å². The van der Waals surface area contributed by atoms with Crippen molar-refractivity contribution in [3.05, 3.63) is 0 Å². The molecule has 3 radical (unpaired) electrons. The lowest BCUT2D eigenvalue weighted by atomic mass is 10.9. The van der Waals surface area contributed by atoms with Gasteiger partial charge in [0.05, 0.1) is 0 Å². The van der Waals surface area contributed by atoms with Gasteiger partial charge in [0.25, 0.3) is 0 Å². The molecule has 1 aliphatic rings. The Kier molecular flexibility index (Phi) is 0.780. The van der Waals surface area contributed by atoms with E-state index in [0.717, 1.165) is 0 Å². The Morgan fingerprint density at radius 1 is 2.00 bits per heavy atom. The van der Waals surface area contributed by atoms with Crippen LogP contribution >= 0.6 is 0 Å². The first-order valence-corrected chi connectivity index (χ1v) is 2.10. The van der Waals surface area contributed by atoms with E-state index in [1.807, 2.05) is 0 Å². The van der Waals surface area contributed by atoms with Crippen LogP contribution in [0.15, 0.2) is 0 Å². The van der Waals surface area contributed by atoms with E-state index < -0.39 is 0 Å². The molecular weight excluding hydrogens is 96.1 g/mol. The van der Waals surface area contributed by atoms with Gasteiger partial charge in [-0.15, -0.1) is 0 Å². The number of hydrogen-bond donors (Lipinski definition) is 0. The van der Waals surface area contributed by atoms with Crippen LogP contribution in [0.4, 0.5) is 0 Å². The quantitative estimate of drug-likeness (QED) is 0.411. The zero-order valence-electron chi connectivity index (χ0n) is 3.10. The Morgan fingerprint density at radius 2 is 2.50 bits per heavy atom. The maximum absolute atomic E-state index is 9.96. The number of Topliss-reactive ketones (excluding diaryl/α,β-unsaturated/α-hetero) is 1. The summed E-state index contributed by atoms with van der Waals surface area (Å²) >= 11 is 0. The maximum atomic E-state index is 9.96. The molecule has 0 aromatic rings. The molecule has 1 fully saturated rings. The van der Waals surface area contributed by atoms with Crippen LogP contribution in [0.3, 0.4) is 0 Å². The average Bonchev–Trinajstić information content (AvgIpc) is 2.19. The minimum Gasteiger partial charge on any atom is -0.408 e. The van der Waals surface area contributed by atoms with E-state index in [-0.39, 0.29) is 11.9 Å². The smallest absolute Gasteiger partial charge is 0.247 e. The molecule has 31 valence electrons. The maximum Gasteiger partial charge on any atom is 0.247 e. The van der Waals surface area contributed by atoms with Crippen molar-refractivity contribution in [1.82, 2.24) is 0 Å². The van der Waals surface area contributed by atoms with E-state index in [2.05, 4.69) is 14.9 Å². The number of hydrogen-bond acceptors (Lipinski definition) is 2. The van der Waals surface area contributed by atoms with E-state index in [1.54, 1.807) is 0 Å². The van der Waals surface area contributed by atoms with Gasteiger partial charge in [0.15, 0.2) is 5.78 Å². The predicted octanol–water partition coefficient (Wildman–Crippen LogP) is -0.572. The molecule has 1 saturated carbocycles. The van der Waals surface area contributed by atoms with Crippen molar-refractivity contribution in [2.45, 2.75) is 12.5 Å². The molecule has 1 rings (SSSR count). The molecule has 0 N–H and O–H groups in total. The third-order valence-corrected chi connectivity index (χ3v) is 1.01. The zero-order valence-corrected chi connectivity index (χ0v) is 4.10. The van der Waals surface area contributed by atoms with Crippen molar-refractivity contribution in [2.24, 2.45) is 0 Å². The summed E-state index contributed by atoms with van der Waals surface area (Å²) < 4.78 is 4.43. The first-order chi connectivity index (χ1) is 2.84. The normalized spacial score (nSPS) is 30.8. The fraction of sp³-hybridized carbons (Fsp3) is 0.667. The van der Waals surface area contributed by atoms with Gasteiger partial charge in [-0.05, 0) is 0 Å². The molecule has 0 bridgehead atoms. The number of ketones is 1. The average molecular weight is 99.1 g/mol. The van der Waals surface area contributed by atoms with Gasteiger partial charge in [0.1, 0.15) is 6.10 Å². The van der Waals surface area contributed by atoms with Crippen molar-refractivity contribution < 1.29 is 9.22 Å². The fourth-order valence-electron chi connectivity index (χ4n) is 0.231. The summed E-state index contributed by atoms with van der Waals surface area (Å²) in [4.78, 5) is 9.96. The first kappa shape index (κ1) is 4.02. The van der Waals surface area contributed by atoms with Gasteiger partial charge in [0.2, 0.25) is 10.5 Å². The fourth-order valence-corrected chi connectivity index (χ4v) is 0.446. The summed E-state index contributed by atoms with van der Waals surface area (Å²) in [5, 5.41) is 0. The highest BCUT2D eigenvalue weighted by molar-refractivity contribution is 6.05. The monoisotopic (exact) mass is 99.0 g/mol. The van der Waals surface area contributed by atoms with Gasteiger partial charge in [-0.2, -0.15) is 0 Å². The second-order valence-corrected chi connectivity index (χ2v) is 1.51. The summed E-state index contributed by atoms with van der Waals surface area (Å²) in [5.74, 6) is 0.185. The van der Waals surface area contributed by atoms with Gasteiger partial charge < -0.3 is 4.43 Å². The summed E-state index contributed by atoms with van der Waals surface area (Å²) in [7, 11) is 2.74. The van der Waals surface area contributed by atoms with Crippen LogP contribution in [-0.4, -0.2) is 22.4 Å². The lowest BCUT2D eigenvalue weighted by Gasteiger charge is -1.78. The highest BCUT2D eigenvalue weighted by atomic mass is 28.2. The van der Waals surface area contributed by atoms with Crippen LogP contribution in [0.2, 0.25) is 0 Å². The second kappa shape index (κ2) is 1.16. The molecule has 0 aliphatic heterocycles. The zero-order chi connectivity index (χ0) is 4.57. The van der Waals surface area contributed by atoms with Crippen molar-refractivity contribution in [3.63, 3.8) is 0 Å². The minimum absolute atomic E-state index is 0.123. The largest absolute Gasteiger partial charge is 0.408 e. The van der Waals surface area contributed by atoms with Crippen LogP contribution in [0, 0.1) is 0 Å². The van der Waals surface area contributed by atoms with Crippen LogP contribution in [-0.2, 0) is 9.22 Å². The highest BCUT2D eigenvalue weighted by Gasteiger charge is 2.33. The van der Waals surface area contributed by atoms with Crippen molar-refractivity contribution in [1.29, 1.82) is 0 Å². The van der Waals surface area contributed by atoms with E-state index in [9.17, 15) is 4.79 Å². The van der Waals surface area contributed by atoms with Crippen LogP contribution in [0.25, 0.3) is 0 Å². The van der Waals surface area contributed by atoms with Crippen molar-refractivity contribution in [3.8, 4) is 0 Å². The summed E-state index contributed by atoms with van der Waals surface area (Å²) in [5.41, 5.74) is 0. The number of carbonyl (C=O) groups excluding carboxylic acids is 1. The third kappa shape index (κ3) is 0.506. The summed E-state index contributed by atoms with van der Waals surface area (Å²) in [6.45, 7) is 0. The molecule has 1 unspecified atom stereocenters. The van der Waals surface area contributed by atoms with Gasteiger partial charge >= 0.3 is 0 Å². The third-order valence-electron chi connectivity index (χ3n) is 0.728. The van der Waals surface area contributed by atoms with Gasteiger partial charge in [-0.1, -0.05) is 0 Å². The predicted molar refractivity (Wildman–Crippen MR) is 20.3 cm³/mol. The molecule has 3 heteroatoms. The van der Waals surface area contributed by atoms with E-state index in [4.69, 9.17) is 0 Å². The van der Waals surface area contributed by atoms with E-state index in [1.165, 1.54) is 0 Å². The lowest BCUT2D eigenvalue weighted by Crippen LogP contribution is -1.88. The summed E-state index contributed by atoms with van der Waals surface area (Å²) in [6, 6.07) is 0. The van der Waals surface area contributed by atoms with Gasteiger partial charge in [-0.25, -0.2) is 0 Å².